The molecule has 0 fully saturated rings. The van der Waals surface area contributed by atoms with E-state index in [1.54, 1.807) is 11.8 Å². The van der Waals surface area contributed by atoms with Crippen molar-refractivity contribution in [1.29, 1.82) is 0 Å². The number of anilines is 1. The lowest BCUT2D eigenvalue weighted by Gasteiger charge is -2.48. The monoisotopic (exact) mass is 354 g/mol. The van der Waals surface area contributed by atoms with E-state index in [0.29, 0.717) is 6.54 Å². The third-order valence-corrected chi connectivity index (χ3v) is 6.28. The number of amides is 1. The molecule has 3 nitrogen and oxygen atoms in total. The molecule has 0 spiro atoms. The lowest BCUT2D eigenvalue weighted by Crippen LogP contribution is -2.57. The molecular formula is C21H26N2OS. The van der Waals surface area contributed by atoms with E-state index in [0.717, 1.165) is 30.8 Å². The molecule has 0 aromatic heterocycles. The summed E-state index contributed by atoms with van der Waals surface area (Å²) >= 11 is 1.69. The number of hydrogen-bond donors (Lipinski definition) is 0. The zero-order valence-electron chi connectivity index (χ0n) is 15.2. The minimum absolute atomic E-state index is 0.167. The maximum absolute atomic E-state index is 13.8. The summed E-state index contributed by atoms with van der Waals surface area (Å²) in [5.41, 5.74) is 2.09. The number of carbonyl (C=O) groups excluding carboxylic acids is 1. The van der Waals surface area contributed by atoms with Crippen molar-refractivity contribution in [3.63, 3.8) is 0 Å². The number of hydrogen-bond acceptors (Lipinski definition) is 3. The molecule has 1 atom stereocenters. The fourth-order valence-electron chi connectivity index (χ4n) is 3.61. The lowest BCUT2D eigenvalue weighted by atomic mass is 10.0. The fourth-order valence-corrected chi connectivity index (χ4v) is 5.16. The molecule has 25 heavy (non-hydrogen) atoms. The van der Waals surface area contributed by atoms with Crippen molar-refractivity contribution in [2.45, 2.75) is 37.0 Å². The van der Waals surface area contributed by atoms with E-state index in [4.69, 9.17) is 0 Å². The highest BCUT2D eigenvalue weighted by molar-refractivity contribution is 8.01. The highest BCUT2D eigenvalue weighted by atomic mass is 32.2. The van der Waals surface area contributed by atoms with E-state index in [2.05, 4.69) is 56.0 Å². The Kier molecular flexibility index (Phi) is 5.50. The first-order valence-corrected chi connectivity index (χ1v) is 9.91. The summed E-state index contributed by atoms with van der Waals surface area (Å²) in [4.78, 5) is 18.5. The van der Waals surface area contributed by atoms with Gasteiger partial charge in [-0.1, -0.05) is 68.1 Å². The van der Waals surface area contributed by atoms with Crippen LogP contribution >= 0.6 is 11.8 Å². The van der Waals surface area contributed by atoms with Gasteiger partial charge in [-0.2, -0.15) is 0 Å². The molecule has 2 aromatic rings. The van der Waals surface area contributed by atoms with Gasteiger partial charge in [-0.25, -0.2) is 0 Å². The second-order valence-electron chi connectivity index (χ2n) is 6.21. The predicted octanol–water partition coefficient (Wildman–Crippen LogP) is 4.73. The highest BCUT2D eigenvalue weighted by Gasteiger charge is 2.51. The molecule has 1 aliphatic rings. The van der Waals surface area contributed by atoms with Crippen molar-refractivity contribution in [1.82, 2.24) is 4.90 Å². The summed E-state index contributed by atoms with van der Waals surface area (Å²) in [6, 6.07) is 18.5. The molecule has 0 N–H and O–H groups in total. The third-order valence-electron chi connectivity index (χ3n) is 4.75. The summed E-state index contributed by atoms with van der Waals surface area (Å²) in [5.74, 6) is 0.167. The quantitative estimate of drug-likeness (QED) is 0.749. The fraction of sp³-hybridized carbons (Fsp3) is 0.381. The molecule has 0 bridgehead atoms. The molecule has 4 heteroatoms. The summed E-state index contributed by atoms with van der Waals surface area (Å²) in [6.07, 6.45) is 1.02. The smallest absolute Gasteiger partial charge is 0.263 e. The highest BCUT2D eigenvalue weighted by Crippen LogP contribution is 2.52. The van der Waals surface area contributed by atoms with Crippen LogP contribution in [-0.4, -0.2) is 30.4 Å². The zero-order valence-corrected chi connectivity index (χ0v) is 16.1. The number of likely N-dealkylation sites (N-methyl/N-ethyl adjacent to an activating group) is 2. The molecule has 1 amide bonds. The zero-order chi connectivity index (χ0) is 17.9. The van der Waals surface area contributed by atoms with Gasteiger partial charge < -0.3 is 4.90 Å². The van der Waals surface area contributed by atoms with Crippen molar-refractivity contribution in [2.24, 2.45) is 0 Å². The van der Waals surface area contributed by atoms with Crippen LogP contribution in [0.3, 0.4) is 0 Å². The summed E-state index contributed by atoms with van der Waals surface area (Å²) in [6.45, 7) is 8.77. The number of rotatable bonds is 6. The van der Waals surface area contributed by atoms with Crippen molar-refractivity contribution >= 4 is 23.4 Å². The largest absolute Gasteiger partial charge is 0.309 e. The molecule has 2 aromatic carbocycles. The van der Waals surface area contributed by atoms with Crippen LogP contribution in [0.25, 0.3) is 0 Å². The van der Waals surface area contributed by atoms with Crippen molar-refractivity contribution in [3.8, 4) is 0 Å². The first-order chi connectivity index (χ1) is 12.2. The van der Waals surface area contributed by atoms with Gasteiger partial charge in [0.1, 0.15) is 0 Å². The van der Waals surface area contributed by atoms with E-state index in [1.807, 2.05) is 29.2 Å². The number of para-hydroxylation sites is 1. The van der Waals surface area contributed by atoms with Crippen LogP contribution in [-0.2, 0) is 9.67 Å². The van der Waals surface area contributed by atoms with Gasteiger partial charge in [0.25, 0.3) is 5.91 Å². The molecular weight excluding hydrogens is 328 g/mol. The number of fused-ring (bicyclic) bond motifs is 1. The maximum atomic E-state index is 13.8. The van der Waals surface area contributed by atoms with E-state index >= 15 is 0 Å². The van der Waals surface area contributed by atoms with Crippen molar-refractivity contribution in [3.05, 3.63) is 60.2 Å². The number of benzene rings is 2. The van der Waals surface area contributed by atoms with Crippen LogP contribution in [0.2, 0.25) is 0 Å². The Morgan fingerprint density at radius 3 is 2.32 bits per heavy atom. The van der Waals surface area contributed by atoms with Crippen molar-refractivity contribution < 1.29 is 4.79 Å². The molecule has 0 saturated heterocycles. The van der Waals surface area contributed by atoms with Crippen LogP contribution in [0.1, 0.15) is 32.8 Å². The normalized spacial score (nSPS) is 20.0. The van der Waals surface area contributed by atoms with Gasteiger partial charge in [0.05, 0.1) is 5.69 Å². The average Bonchev–Trinajstić information content (AvgIpc) is 2.66. The number of carbonyl (C=O) groups is 1. The molecule has 1 unspecified atom stereocenters. The molecule has 132 valence electrons. The van der Waals surface area contributed by atoms with Crippen LogP contribution in [0.15, 0.2) is 59.5 Å². The van der Waals surface area contributed by atoms with Gasteiger partial charge in [0.2, 0.25) is 0 Å². The SMILES string of the molecule is CCCN(CC)C1(c2ccccc2)Sc2ccccc2N(CC)C1=O. The van der Waals surface area contributed by atoms with Gasteiger partial charge >= 0.3 is 0 Å². The first kappa shape index (κ1) is 18.0. The number of nitrogens with zero attached hydrogens (tertiary/aromatic N) is 2. The van der Waals surface area contributed by atoms with E-state index in [-0.39, 0.29) is 5.91 Å². The van der Waals surface area contributed by atoms with Crippen LogP contribution in [0.5, 0.6) is 0 Å². The van der Waals surface area contributed by atoms with Gasteiger partial charge in [-0.3, -0.25) is 9.69 Å². The van der Waals surface area contributed by atoms with Gasteiger partial charge in [-0.05, 0) is 44.1 Å². The molecule has 3 rings (SSSR count). The lowest BCUT2D eigenvalue weighted by molar-refractivity contribution is -0.126. The van der Waals surface area contributed by atoms with Gasteiger partial charge in [0.15, 0.2) is 4.87 Å². The molecule has 1 heterocycles. The van der Waals surface area contributed by atoms with E-state index in [9.17, 15) is 4.79 Å². The third kappa shape index (κ3) is 2.98. The summed E-state index contributed by atoms with van der Waals surface area (Å²) < 4.78 is 0. The molecule has 0 saturated carbocycles. The van der Waals surface area contributed by atoms with Gasteiger partial charge in [-0.15, -0.1) is 0 Å². The minimum atomic E-state index is -0.698. The van der Waals surface area contributed by atoms with Crippen LogP contribution in [0, 0.1) is 0 Å². The van der Waals surface area contributed by atoms with Crippen molar-refractivity contribution in [2.75, 3.05) is 24.5 Å². The van der Waals surface area contributed by atoms with Gasteiger partial charge in [0, 0.05) is 11.4 Å². The van der Waals surface area contributed by atoms with Crippen LogP contribution in [0.4, 0.5) is 5.69 Å². The molecule has 0 radical (unpaired) electrons. The Bertz CT molecular complexity index is 734. The van der Waals surface area contributed by atoms with Crippen LogP contribution < -0.4 is 4.90 Å². The topological polar surface area (TPSA) is 23.6 Å². The molecule has 0 aliphatic carbocycles. The predicted molar refractivity (Wildman–Crippen MR) is 106 cm³/mol. The Labute approximate surface area is 155 Å². The van der Waals surface area contributed by atoms with E-state index in [1.165, 1.54) is 4.90 Å². The Hall–Kier alpha value is -1.78. The minimum Gasteiger partial charge on any atom is -0.309 e. The second-order valence-corrected chi connectivity index (χ2v) is 7.44. The standard InChI is InChI=1S/C21H26N2OS/c1-4-16-22(5-2)21(17-12-8-7-9-13-17)20(24)23(6-3)18-14-10-11-15-19(18)25-21/h7-15H,4-6,16H2,1-3H3. The summed E-state index contributed by atoms with van der Waals surface area (Å²) in [7, 11) is 0. The Morgan fingerprint density at radius 1 is 1.00 bits per heavy atom. The summed E-state index contributed by atoms with van der Waals surface area (Å²) in [5, 5.41) is 0. The Morgan fingerprint density at radius 2 is 1.68 bits per heavy atom. The maximum Gasteiger partial charge on any atom is 0.263 e. The van der Waals surface area contributed by atoms with E-state index < -0.39 is 4.87 Å². The molecule has 1 aliphatic heterocycles. The average molecular weight is 355 g/mol. The first-order valence-electron chi connectivity index (χ1n) is 9.09. The second kappa shape index (κ2) is 7.63. The number of thioether (sulfide) groups is 1. The Balaban J connectivity index is 2.23.